The molecule has 7 nitrogen and oxygen atoms in total. The number of likely N-dealkylation sites (N-methyl/N-ethyl adjacent to an activating group) is 1. The SMILES string of the molecule is CN(C)C(=O)CN1CCN(C(=O)c2csc(N)n2)CC1. The molecule has 20 heavy (non-hydrogen) atoms. The molecule has 1 saturated heterocycles. The first-order chi connectivity index (χ1) is 9.47. The second-order valence-electron chi connectivity index (χ2n) is 4.93. The van der Waals surface area contributed by atoms with E-state index in [-0.39, 0.29) is 11.8 Å². The summed E-state index contributed by atoms with van der Waals surface area (Å²) in [6.45, 7) is 3.02. The van der Waals surface area contributed by atoms with Gasteiger partial charge in [-0.3, -0.25) is 14.5 Å². The molecule has 0 atom stereocenters. The number of carbonyl (C=O) groups is 2. The van der Waals surface area contributed by atoms with Crippen molar-refractivity contribution in [2.24, 2.45) is 0 Å². The fourth-order valence-electron chi connectivity index (χ4n) is 1.99. The molecule has 1 fully saturated rings. The van der Waals surface area contributed by atoms with E-state index in [1.54, 1.807) is 29.3 Å². The van der Waals surface area contributed by atoms with Crippen molar-refractivity contribution in [1.29, 1.82) is 0 Å². The molecule has 1 aliphatic heterocycles. The smallest absolute Gasteiger partial charge is 0.273 e. The van der Waals surface area contributed by atoms with E-state index in [1.165, 1.54) is 11.3 Å². The van der Waals surface area contributed by atoms with Crippen LogP contribution in [0.25, 0.3) is 0 Å². The lowest BCUT2D eigenvalue weighted by atomic mass is 10.3. The Kier molecular flexibility index (Phi) is 4.56. The molecular formula is C12H19N5O2S. The molecule has 0 spiro atoms. The number of anilines is 1. The van der Waals surface area contributed by atoms with E-state index < -0.39 is 0 Å². The number of nitrogen functional groups attached to an aromatic ring is 1. The minimum Gasteiger partial charge on any atom is -0.375 e. The van der Waals surface area contributed by atoms with Crippen molar-refractivity contribution in [3.05, 3.63) is 11.1 Å². The van der Waals surface area contributed by atoms with E-state index in [9.17, 15) is 9.59 Å². The number of piperazine rings is 1. The van der Waals surface area contributed by atoms with Gasteiger partial charge < -0.3 is 15.5 Å². The van der Waals surface area contributed by atoms with Gasteiger partial charge in [-0.1, -0.05) is 0 Å². The zero-order valence-electron chi connectivity index (χ0n) is 11.7. The van der Waals surface area contributed by atoms with Crippen molar-refractivity contribution in [1.82, 2.24) is 19.7 Å². The van der Waals surface area contributed by atoms with E-state index in [2.05, 4.69) is 9.88 Å². The third-order valence-corrected chi connectivity index (χ3v) is 3.93. The highest BCUT2D eigenvalue weighted by atomic mass is 32.1. The Balaban J connectivity index is 1.85. The number of hydrogen-bond donors (Lipinski definition) is 1. The Hall–Kier alpha value is -1.67. The van der Waals surface area contributed by atoms with E-state index in [4.69, 9.17) is 5.73 Å². The predicted molar refractivity (Wildman–Crippen MR) is 77.6 cm³/mol. The van der Waals surface area contributed by atoms with Crippen LogP contribution in [0.3, 0.4) is 0 Å². The summed E-state index contributed by atoms with van der Waals surface area (Å²) in [4.78, 5) is 33.2. The zero-order valence-corrected chi connectivity index (χ0v) is 12.5. The summed E-state index contributed by atoms with van der Waals surface area (Å²) in [7, 11) is 3.49. The summed E-state index contributed by atoms with van der Waals surface area (Å²) in [6.07, 6.45) is 0. The molecule has 110 valence electrons. The van der Waals surface area contributed by atoms with Crippen molar-refractivity contribution in [2.45, 2.75) is 0 Å². The van der Waals surface area contributed by atoms with Crippen LogP contribution in [0, 0.1) is 0 Å². The van der Waals surface area contributed by atoms with Gasteiger partial charge in [0.25, 0.3) is 5.91 Å². The highest BCUT2D eigenvalue weighted by Gasteiger charge is 2.24. The summed E-state index contributed by atoms with van der Waals surface area (Å²) < 4.78 is 0. The Labute approximate surface area is 122 Å². The van der Waals surface area contributed by atoms with Gasteiger partial charge in [0.05, 0.1) is 6.54 Å². The number of amides is 2. The number of carbonyl (C=O) groups excluding carboxylic acids is 2. The van der Waals surface area contributed by atoms with Gasteiger partial charge >= 0.3 is 0 Å². The van der Waals surface area contributed by atoms with Crippen LogP contribution >= 0.6 is 11.3 Å². The Morgan fingerprint density at radius 3 is 2.50 bits per heavy atom. The summed E-state index contributed by atoms with van der Waals surface area (Å²) in [5, 5.41) is 2.09. The van der Waals surface area contributed by atoms with Crippen LogP contribution in [-0.4, -0.2) is 78.3 Å². The predicted octanol–water partition coefficient (Wildman–Crippen LogP) is -0.429. The fraction of sp³-hybridized carbons (Fsp3) is 0.583. The first-order valence-electron chi connectivity index (χ1n) is 6.40. The maximum atomic E-state index is 12.2. The highest BCUT2D eigenvalue weighted by molar-refractivity contribution is 7.13. The molecule has 1 aromatic rings. The van der Waals surface area contributed by atoms with Crippen LogP contribution in [0.15, 0.2) is 5.38 Å². The first-order valence-corrected chi connectivity index (χ1v) is 7.28. The van der Waals surface area contributed by atoms with Gasteiger partial charge in [-0.15, -0.1) is 11.3 Å². The fourth-order valence-corrected chi connectivity index (χ4v) is 2.53. The minimum absolute atomic E-state index is 0.0806. The van der Waals surface area contributed by atoms with Crippen LogP contribution in [-0.2, 0) is 4.79 Å². The van der Waals surface area contributed by atoms with Gasteiger partial charge in [0.2, 0.25) is 5.91 Å². The lowest BCUT2D eigenvalue weighted by Gasteiger charge is -2.34. The molecule has 0 unspecified atom stereocenters. The molecule has 2 N–H and O–H groups in total. The van der Waals surface area contributed by atoms with Crippen molar-refractivity contribution in [3.63, 3.8) is 0 Å². The van der Waals surface area contributed by atoms with E-state index in [1.807, 2.05) is 0 Å². The van der Waals surface area contributed by atoms with Crippen molar-refractivity contribution in [2.75, 3.05) is 52.6 Å². The minimum atomic E-state index is -0.0865. The van der Waals surface area contributed by atoms with Crippen LogP contribution in [0.1, 0.15) is 10.5 Å². The van der Waals surface area contributed by atoms with Gasteiger partial charge in [0, 0.05) is 45.7 Å². The largest absolute Gasteiger partial charge is 0.375 e. The average Bonchev–Trinajstić information content (AvgIpc) is 2.85. The number of hydrogen-bond acceptors (Lipinski definition) is 6. The van der Waals surface area contributed by atoms with E-state index >= 15 is 0 Å². The standard InChI is InChI=1S/C12H19N5O2S/c1-15(2)10(18)7-16-3-5-17(6-4-16)11(19)9-8-20-12(13)14-9/h8H,3-7H2,1-2H3,(H2,13,14). The van der Waals surface area contributed by atoms with Crippen LogP contribution in [0.4, 0.5) is 5.13 Å². The monoisotopic (exact) mass is 297 g/mol. The normalized spacial score (nSPS) is 16.2. The van der Waals surface area contributed by atoms with Gasteiger partial charge in [-0.2, -0.15) is 0 Å². The molecular weight excluding hydrogens is 278 g/mol. The Morgan fingerprint density at radius 2 is 2.00 bits per heavy atom. The molecule has 0 saturated carbocycles. The van der Waals surface area contributed by atoms with Crippen LogP contribution in [0.5, 0.6) is 0 Å². The molecule has 2 heterocycles. The second-order valence-corrected chi connectivity index (χ2v) is 5.82. The lowest BCUT2D eigenvalue weighted by Crippen LogP contribution is -2.51. The van der Waals surface area contributed by atoms with Crippen molar-refractivity contribution >= 4 is 28.3 Å². The van der Waals surface area contributed by atoms with E-state index in [0.29, 0.717) is 43.5 Å². The number of thiazole rings is 1. The average molecular weight is 297 g/mol. The summed E-state index contributed by atoms with van der Waals surface area (Å²) >= 11 is 1.27. The summed E-state index contributed by atoms with van der Waals surface area (Å²) in [6, 6.07) is 0. The third-order valence-electron chi connectivity index (χ3n) is 3.26. The Bertz CT molecular complexity index is 494. The molecule has 0 radical (unpaired) electrons. The second kappa shape index (κ2) is 6.19. The van der Waals surface area contributed by atoms with Crippen molar-refractivity contribution < 1.29 is 9.59 Å². The van der Waals surface area contributed by atoms with E-state index in [0.717, 1.165) is 0 Å². The summed E-state index contributed by atoms with van der Waals surface area (Å²) in [5.74, 6) is -0.00594. The van der Waals surface area contributed by atoms with Crippen molar-refractivity contribution in [3.8, 4) is 0 Å². The highest BCUT2D eigenvalue weighted by Crippen LogP contribution is 2.14. The van der Waals surface area contributed by atoms with Crippen LogP contribution in [0.2, 0.25) is 0 Å². The molecule has 0 aromatic carbocycles. The molecule has 2 rings (SSSR count). The molecule has 0 bridgehead atoms. The maximum absolute atomic E-state index is 12.2. The van der Waals surface area contributed by atoms with Crippen LogP contribution < -0.4 is 5.73 Å². The Morgan fingerprint density at radius 1 is 1.35 bits per heavy atom. The molecule has 2 amide bonds. The number of nitrogens with zero attached hydrogens (tertiary/aromatic N) is 4. The number of aromatic nitrogens is 1. The number of rotatable bonds is 3. The third kappa shape index (κ3) is 3.45. The maximum Gasteiger partial charge on any atom is 0.273 e. The van der Waals surface area contributed by atoms with Gasteiger partial charge in [-0.25, -0.2) is 4.98 Å². The van der Waals surface area contributed by atoms with Gasteiger partial charge in [0.15, 0.2) is 5.13 Å². The molecule has 0 aliphatic carbocycles. The van der Waals surface area contributed by atoms with Gasteiger partial charge in [-0.05, 0) is 0 Å². The molecule has 1 aliphatic rings. The lowest BCUT2D eigenvalue weighted by molar-refractivity contribution is -0.130. The summed E-state index contributed by atoms with van der Waals surface area (Å²) in [5.41, 5.74) is 5.95. The molecule has 1 aromatic heterocycles. The number of nitrogens with two attached hydrogens (primary N) is 1. The first kappa shape index (κ1) is 14.7. The van der Waals surface area contributed by atoms with Gasteiger partial charge in [0.1, 0.15) is 5.69 Å². The quantitative estimate of drug-likeness (QED) is 0.819. The molecule has 8 heteroatoms. The topological polar surface area (TPSA) is 82.8 Å². The zero-order chi connectivity index (χ0) is 14.7.